The smallest absolute Gasteiger partial charge is 0.258 e. The highest BCUT2D eigenvalue weighted by Crippen LogP contribution is 2.35. The monoisotopic (exact) mass is 404 g/mol. The summed E-state index contributed by atoms with van der Waals surface area (Å²) < 4.78 is 6.24. The molecule has 7 nitrogen and oxygen atoms in total. The van der Waals surface area contributed by atoms with Gasteiger partial charge in [-0.1, -0.05) is 28.1 Å². The van der Waals surface area contributed by atoms with Crippen LogP contribution in [-0.2, 0) is 9.53 Å². The second-order valence-corrected chi connectivity index (χ2v) is 7.03. The molecule has 130 valence electrons. The van der Waals surface area contributed by atoms with Crippen LogP contribution >= 0.6 is 15.9 Å². The van der Waals surface area contributed by atoms with E-state index in [2.05, 4.69) is 31.2 Å². The zero-order valence-corrected chi connectivity index (χ0v) is 15.0. The molecule has 0 radical (unpaired) electrons. The Labute approximate surface area is 152 Å². The molecule has 1 saturated heterocycles. The van der Waals surface area contributed by atoms with E-state index in [1.165, 1.54) is 0 Å². The van der Waals surface area contributed by atoms with E-state index in [0.717, 1.165) is 10.0 Å². The summed E-state index contributed by atoms with van der Waals surface area (Å²) in [6.45, 7) is 2.50. The van der Waals surface area contributed by atoms with Gasteiger partial charge in [0.2, 0.25) is 11.9 Å². The number of H-pyrrole nitrogens is 1. The highest BCUT2D eigenvalue weighted by atomic mass is 79.9. The van der Waals surface area contributed by atoms with Crippen molar-refractivity contribution in [1.82, 2.24) is 9.97 Å². The van der Waals surface area contributed by atoms with Gasteiger partial charge in [-0.05, 0) is 17.7 Å². The number of benzene rings is 1. The molecule has 4 rings (SSSR count). The first-order valence-corrected chi connectivity index (χ1v) is 8.93. The van der Waals surface area contributed by atoms with Crippen molar-refractivity contribution in [2.45, 2.75) is 12.3 Å². The summed E-state index contributed by atoms with van der Waals surface area (Å²) in [7, 11) is 0. The maximum Gasteiger partial charge on any atom is 0.258 e. The highest BCUT2D eigenvalue weighted by Gasteiger charge is 2.31. The zero-order valence-electron chi connectivity index (χ0n) is 13.4. The minimum absolute atomic E-state index is 0.136. The summed E-state index contributed by atoms with van der Waals surface area (Å²) >= 11 is 3.45. The molecule has 25 heavy (non-hydrogen) atoms. The van der Waals surface area contributed by atoms with Gasteiger partial charge in [0.05, 0.1) is 18.8 Å². The summed E-state index contributed by atoms with van der Waals surface area (Å²) in [4.78, 5) is 34.3. The van der Waals surface area contributed by atoms with E-state index in [9.17, 15) is 9.59 Å². The van der Waals surface area contributed by atoms with Gasteiger partial charge in [-0.3, -0.25) is 14.6 Å². The Kier molecular flexibility index (Phi) is 4.30. The van der Waals surface area contributed by atoms with Crippen LogP contribution in [0.5, 0.6) is 0 Å². The van der Waals surface area contributed by atoms with E-state index in [0.29, 0.717) is 43.6 Å². The topological polar surface area (TPSA) is 87.3 Å². The molecule has 1 atom stereocenters. The van der Waals surface area contributed by atoms with E-state index in [4.69, 9.17) is 4.74 Å². The molecule has 2 N–H and O–H groups in total. The third-order valence-electron chi connectivity index (χ3n) is 4.50. The molecule has 2 aliphatic rings. The van der Waals surface area contributed by atoms with Crippen molar-refractivity contribution in [2.24, 2.45) is 0 Å². The number of aromatic amines is 1. The molecule has 1 aromatic heterocycles. The molecular weight excluding hydrogens is 388 g/mol. The van der Waals surface area contributed by atoms with E-state index >= 15 is 0 Å². The first-order valence-electron chi connectivity index (χ1n) is 8.14. The number of ether oxygens (including phenoxy) is 1. The Morgan fingerprint density at radius 2 is 2.04 bits per heavy atom. The molecule has 0 spiro atoms. The minimum Gasteiger partial charge on any atom is -0.378 e. The minimum atomic E-state index is -0.309. The number of nitrogens with zero attached hydrogens (tertiary/aromatic N) is 2. The van der Waals surface area contributed by atoms with Crippen molar-refractivity contribution in [3.63, 3.8) is 0 Å². The predicted octanol–water partition coefficient (Wildman–Crippen LogP) is 1.84. The lowest BCUT2D eigenvalue weighted by atomic mass is 9.87. The van der Waals surface area contributed by atoms with Gasteiger partial charge in [0.1, 0.15) is 5.82 Å². The van der Waals surface area contributed by atoms with Crippen molar-refractivity contribution in [3.05, 3.63) is 50.2 Å². The molecule has 2 aromatic rings. The van der Waals surface area contributed by atoms with Gasteiger partial charge in [0, 0.05) is 29.9 Å². The van der Waals surface area contributed by atoms with Gasteiger partial charge in [0.25, 0.3) is 5.56 Å². The predicted molar refractivity (Wildman–Crippen MR) is 97.1 cm³/mol. The largest absolute Gasteiger partial charge is 0.378 e. The molecule has 8 heteroatoms. The number of aromatic nitrogens is 2. The van der Waals surface area contributed by atoms with Gasteiger partial charge in [-0.15, -0.1) is 0 Å². The van der Waals surface area contributed by atoms with Gasteiger partial charge >= 0.3 is 0 Å². The standard InChI is InChI=1S/C17H17BrN4O3/c18-11-3-1-2-10(8-11)12-9-13(23)19-15-14(12)16(24)21-17(20-15)22-4-6-25-7-5-22/h1-3,8,12H,4-7,9H2,(H2,19,20,21,23,24). The van der Waals surface area contributed by atoms with Gasteiger partial charge < -0.3 is 15.0 Å². The Balaban J connectivity index is 1.78. The van der Waals surface area contributed by atoms with Crippen molar-refractivity contribution >= 4 is 33.6 Å². The Morgan fingerprint density at radius 3 is 2.80 bits per heavy atom. The number of halogens is 1. The molecule has 1 fully saturated rings. The number of carbonyl (C=O) groups is 1. The van der Waals surface area contributed by atoms with E-state index in [-0.39, 0.29) is 23.8 Å². The molecule has 0 aliphatic carbocycles. The molecule has 0 bridgehead atoms. The number of hydrogen-bond acceptors (Lipinski definition) is 5. The number of anilines is 2. The number of hydrogen-bond donors (Lipinski definition) is 2. The van der Waals surface area contributed by atoms with Crippen LogP contribution in [0.25, 0.3) is 0 Å². The SMILES string of the molecule is O=C1CC(c2cccc(Br)c2)c2c(nc(N3CCOCC3)[nH]c2=O)N1. The maximum absolute atomic E-state index is 12.8. The lowest BCUT2D eigenvalue weighted by Crippen LogP contribution is -2.40. The number of fused-ring (bicyclic) bond motifs is 1. The van der Waals surface area contributed by atoms with Gasteiger partial charge in [-0.2, -0.15) is 4.98 Å². The van der Waals surface area contributed by atoms with Gasteiger partial charge in [-0.25, -0.2) is 0 Å². The second-order valence-electron chi connectivity index (χ2n) is 6.11. The number of amides is 1. The third-order valence-corrected chi connectivity index (χ3v) is 4.99. The molecule has 1 aromatic carbocycles. The van der Waals surface area contributed by atoms with Crippen LogP contribution in [0.1, 0.15) is 23.5 Å². The average molecular weight is 405 g/mol. The first-order chi connectivity index (χ1) is 12.1. The van der Waals surface area contributed by atoms with Gasteiger partial charge in [0.15, 0.2) is 0 Å². The average Bonchev–Trinajstić information content (AvgIpc) is 2.61. The molecule has 2 aliphatic heterocycles. The maximum atomic E-state index is 12.8. The second kappa shape index (κ2) is 6.61. The summed E-state index contributed by atoms with van der Waals surface area (Å²) in [5.41, 5.74) is 1.21. The van der Waals surface area contributed by atoms with Crippen molar-refractivity contribution in [3.8, 4) is 0 Å². The van der Waals surface area contributed by atoms with E-state index in [1.54, 1.807) is 0 Å². The molecule has 3 heterocycles. The van der Waals surface area contributed by atoms with E-state index < -0.39 is 0 Å². The van der Waals surface area contributed by atoms with Crippen LogP contribution < -0.4 is 15.8 Å². The van der Waals surface area contributed by atoms with E-state index in [1.807, 2.05) is 29.2 Å². The Bertz CT molecular complexity index is 876. The summed E-state index contributed by atoms with van der Waals surface area (Å²) in [5.74, 6) is 0.383. The Morgan fingerprint density at radius 1 is 1.24 bits per heavy atom. The fourth-order valence-corrected chi connectivity index (χ4v) is 3.71. The van der Waals surface area contributed by atoms with Crippen molar-refractivity contribution in [1.29, 1.82) is 0 Å². The molecule has 0 saturated carbocycles. The van der Waals surface area contributed by atoms with Crippen LogP contribution in [0.2, 0.25) is 0 Å². The molecule has 1 unspecified atom stereocenters. The fraction of sp³-hybridized carbons (Fsp3) is 0.353. The lowest BCUT2D eigenvalue weighted by molar-refractivity contribution is -0.116. The number of carbonyl (C=O) groups excluding carboxylic acids is 1. The zero-order chi connectivity index (χ0) is 17.4. The number of rotatable bonds is 2. The molecule has 1 amide bonds. The fourth-order valence-electron chi connectivity index (χ4n) is 3.29. The van der Waals surface area contributed by atoms with Crippen LogP contribution in [0, 0.1) is 0 Å². The van der Waals surface area contributed by atoms with Crippen LogP contribution in [0.4, 0.5) is 11.8 Å². The van der Waals surface area contributed by atoms with Crippen molar-refractivity contribution < 1.29 is 9.53 Å². The quantitative estimate of drug-likeness (QED) is 0.797. The highest BCUT2D eigenvalue weighted by molar-refractivity contribution is 9.10. The third kappa shape index (κ3) is 3.19. The van der Waals surface area contributed by atoms with Crippen molar-refractivity contribution in [2.75, 3.05) is 36.5 Å². The lowest BCUT2D eigenvalue weighted by Gasteiger charge is -2.29. The number of morpholine rings is 1. The molecular formula is C17H17BrN4O3. The number of nitrogens with one attached hydrogen (secondary N) is 2. The Hall–Kier alpha value is -2.19. The summed E-state index contributed by atoms with van der Waals surface area (Å²) in [5, 5.41) is 2.75. The normalized spacial score (nSPS) is 20.1. The summed E-state index contributed by atoms with van der Waals surface area (Å²) in [6.07, 6.45) is 0.227. The first kappa shape index (κ1) is 16.3. The van der Waals surface area contributed by atoms with Crippen LogP contribution in [-0.4, -0.2) is 42.2 Å². The van der Waals surface area contributed by atoms with Crippen LogP contribution in [0.3, 0.4) is 0 Å². The summed E-state index contributed by atoms with van der Waals surface area (Å²) in [6, 6.07) is 7.67. The van der Waals surface area contributed by atoms with Crippen LogP contribution in [0.15, 0.2) is 33.5 Å².